The zero-order valence-corrected chi connectivity index (χ0v) is 16.0. The molecule has 7 heteroatoms. The Bertz CT molecular complexity index is 1100. The Hall–Kier alpha value is -3.87. The van der Waals surface area contributed by atoms with Gasteiger partial charge >= 0.3 is 0 Å². The van der Waals surface area contributed by atoms with Crippen molar-refractivity contribution in [3.05, 3.63) is 90.5 Å². The van der Waals surface area contributed by atoms with Gasteiger partial charge in [0.15, 0.2) is 0 Å². The van der Waals surface area contributed by atoms with Gasteiger partial charge in [-0.3, -0.25) is 4.79 Å². The van der Waals surface area contributed by atoms with Gasteiger partial charge in [0.25, 0.3) is 5.91 Å². The standard InChI is InChI=1S/C22H21N5O2/c1-29-21-10-6-5-9-20(21)27-16-18(14-25-27)22(28)23-12-11-17-13-24-26(15-17)19-7-3-2-4-8-19/h2-10,13-16H,11-12H2,1H3,(H,23,28). The molecule has 2 aromatic heterocycles. The summed E-state index contributed by atoms with van der Waals surface area (Å²) in [7, 11) is 1.61. The first kappa shape index (κ1) is 18.5. The Morgan fingerprint density at radius 1 is 0.966 bits per heavy atom. The summed E-state index contributed by atoms with van der Waals surface area (Å²) >= 11 is 0. The number of ether oxygens (including phenoxy) is 1. The number of para-hydroxylation sites is 3. The third-order valence-corrected chi connectivity index (χ3v) is 4.53. The first-order valence-electron chi connectivity index (χ1n) is 9.30. The highest BCUT2D eigenvalue weighted by molar-refractivity contribution is 5.93. The average molecular weight is 387 g/mol. The Kier molecular flexibility index (Phi) is 5.38. The van der Waals surface area contributed by atoms with Crippen molar-refractivity contribution >= 4 is 5.91 Å². The summed E-state index contributed by atoms with van der Waals surface area (Å²) < 4.78 is 8.81. The number of nitrogens with zero attached hydrogens (tertiary/aromatic N) is 4. The highest BCUT2D eigenvalue weighted by Crippen LogP contribution is 2.21. The Balaban J connectivity index is 1.35. The predicted molar refractivity (Wildman–Crippen MR) is 110 cm³/mol. The van der Waals surface area contributed by atoms with Crippen molar-refractivity contribution in [2.75, 3.05) is 13.7 Å². The van der Waals surface area contributed by atoms with Gasteiger partial charge < -0.3 is 10.1 Å². The van der Waals surface area contributed by atoms with E-state index >= 15 is 0 Å². The normalized spacial score (nSPS) is 10.7. The first-order chi connectivity index (χ1) is 14.2. The lowest BCUT2D eigenvalue weighted by Gasteiger charge is -2.07. The molecule has 4 rings (SSSR count). The van der Waals surface area contributed by atoms with Gasteiger partial charge in [0.05, 0.1) is 30.8 Å². The van der Waals surface area contributed by atoms with Crippen LogP contribution >= 0.6 is 0 Å². The van der Waals surface area contributed by atoms with Crippen LogP contribution < -0.4 is 10.1 Å². The predicted octanol–water partition coefficient (Wildman–Crippen LogP) is 3.04. The van der Waals surface area contributed by atoms with Crippen molar-refractivity contribution in [2.24, 2.45) is 0 Å². The van der Waals surface area contributed by atoms with Crippen LogP contribution in [0.4, 0.5) is 0 Å². The number of nitrogens with one attached hydrogen (secondary N) is 1. The summed E-state index contributed by atoms with van der Waals surface area (Å²) in [6.07, 6.45) is 7.73. The molecule has 29 heavy (non-hydrogen) atoms. The molecule has 0 saturated carbocycles. The first-order valence-corrected chi connectivity index (χ1v) is 9.30. The number of carbonyl (C=O) groups excluding carboxylic acids is 1. The van der Waals surface area contributed by atoms with Crippen LogP contribution in [-0.4, -0.2) is 39.1 Å². The summed E-state index contributed by atoms with van der Waals surface area (Å²) in [5.41, 5.74) is 3.34. The molecule has 0 aliphatic heterocycles. The van der Waals surface area contributed by atoms with Crippen molar-refractivity contribution < 1.29 is 9.53 Å². The second-order valence-corrected chi connectivity index (χ2v) is 6.48. The molecular weight excluding hydrogens is 366 g/mol. The van der Waals surface area contributed by atoms with E-state index in [-0.39, 0.29) is 5.91 Å². The number of carbonyl (C=O) groups is 1. The van der Waals surface area contributed by atoms with Gasteiger partial charge in [0.2, 0.25) is 0 Å². The number of benzene rings is 2. The fourth-order valence-electron chi connectivity index (χ4n) is 3.02. The third-order valence-electron chi connectivity index (χ3n) is 4.53. The Morgan fingerprint density at radius 2 is 1.72 bits per heavy atom. The van der Waals surface area contributed by atoms with Crippen molar-refractivity contribution in [2.45, 2.75) is 6.42 Å². The molecule has 0 radical (unpaired) electrons. The van der Waals surface area contributed by atoms with E-state index in [1.54, 1.807) is 24.2 Å². The maximum absolute atomic E-state index is 12.4. The summed E-state index contributed by atoms with van der Waals surface area (Å²) in [5.74, 6) is 0.527. The second kappa shape index (κ2) is 8.43. The van der Waals surface area contributed by atoms with Crippen LogP contribution in [0.15, 0.2) is 79.4 Å². The smallest absolute Gasteiger partial charge is 0.254 e. The molecule has 4 aromatic rings. The van der Waals surface area contributed by atoms with E-state index < -0.39 is 0 Å². The van der Waals surface area contributed by atoms with E-state index in [4.69, 9.17) is 4.74 Å². The molecule has 2 aromatic carbocycles. The van der Waals surface area contributed by atoms with Gasteiger partial charge in [-0.05, 0) is 36.2 Å². The van der Waals surface area contributed by atoms with Crippen molar-refractivity contribution in [3.8, 4) is 17.1 Å². The second-order valence-electron chi connectivity index (χ2n) is 6.48. The summed E-state index contributed by atoms with van der Waals surface area (Å²) in [4.78, 5) is 12.4. The van der Waals surface area contributed by atoms with Crippen LogP contribution in [-0.2, 0) is 6.42 Å². The lowest BCUT2D eigenvalue weighted by Crippen LogP contribution is -2.25. The van der Waals surface area contributed by atoms with Crippen LogP contribution in [0.2, 0.25) is 0 Å². The molecule has 0 atom stereocenters. The summed E-state index contributed by atoms with van der Waals surface area (Å²) in [6.45, 7) is 0.513. The summed E-state index contributed by atoms with van der Waals surface area (Å²) in [6, 6.07) is 17.4. The fourth-order valence-corrected chi connectivity index (χ4v) is 3.02. The third kappa shape index (κ3) is 4.19. The minimum atomic E-state index is -0.165. The molecule has 0 aliphatic carbocycles. The number of hydrogen-bond donors (Lipinski definition) is 1. The Labute approximate surface area is 168 Å². The van der Waals surface area contributed by atoms with Gasteiger partial charge in [0.1, 0.15) is 11.4 Å². The molecule has 0 aliphatic rings. The highest BCUT2D eigenvalue weighted by atomic mass is 16.5. The fraction of sp³-hybridized carbons (Fsp3) is 0.136. The number of methoxy groups -OCH3 is 1. The van der Waals surface area contributed by atoms with Gasteiger partial charge in [-0.15, -0.1) is 0 Å². The van der Waals surface area contributed by atoms with E-state index in [1.165, 1.54) is 0 Å². The molecular formula is C22H21N5O2. The maximum atomic E-state index is 12.4. The molecule has 7 nitrogen and oxygen atoms in total. The van der Waals surface area contributed by atoms with Gasteiger partial charge in [-0.2, -0.15) is 10.2 Å². The minimum Gasteiger partial charge on any atom is -0.494 e. The van der Waals surface area contributed by atoms with Crippen molar-refractivity contribution in [1.82, 2.24) is 24.9 Å². The number of aromatic nitrogens is 4. The van der Waals surface area contributed by atoms with Crippen LogP contribution in [0, 0.1) is 0 Å². The number of amides is 1. The van der Waals surface area contributed by atoms with Crippen LogP contribution in [0.3, 0.4) is 0 Å². The van der Waals surface area contributed by atoms with E-state index in [0.717, 1.165) is 16.9 Å². The molecule has 2 heterocycles. The highest BCUT2D eigenvalue weighted by Gasteiger charge is 2.11. The minimum absolute atomic E-state index is 0.165. The molecule has 0 fully saturated rings. The number of rotatable bonds is 7. The Morgan fingerprint density at radius 3 is 2.55 bits per heavy atom. The van der Waals surface area contributed by atoms with E-state index in [2.05, 4.69) is 15.5 Å². The SMILES string of the molecule is COc1ccccc1-n1cc(C(=O)NCCc2cnn(-c3ccccc3)c2)cn1. The maximum Gasteiger partial charge on any atom is 0.254 e. The average Bonchev–Trinajstić information content (AvgIpc) is 3.44. The van der Waals surface area contributed by atoms with E-state index in [0.29, 0.717) is 24.3 Å². The molecule has 0 saturated heterocycles. The van der Waals surface area contributed by atoms with E-state index in [9.17, 15) is 4.79 Å². The van der Waals surface area contributed by atoms with Crippen molar-refractivity contribution in [3.63, 3.8) is 0 Å². The molecule has 0 unspecified atom stereocenters. The molecule has 1 amide bonds. The molecule has 146 valence electrons. The summed E-state index contributed by atoms with van der Waals surface area (Å²) in [5, 5.41) is 11.6. The van der Waals surface area contributed by atoms with Crippen molar-refractivity contribution in [1.29, 1.82) is 0 Å². The van der Waals surface area contributed by atoms with Gasteiger partial charge in [0, 0.05) is 18.9 Å². The number of hydrogen-bond acceptors (Lipinski definition) is 4. The zero-order chi connectivity index (χ0) is 20.1. The van der Waals surface area contributed by atoms with Crippen LogP contribution in [0.5, 0.6) is 5.75 Å². The largest absolute Gasteiger partial charge is 0.494 e. The topological polar surface area (TPSA) is 74.0 Å². The van der Waals surface area contributed by atoms with Gasteiger partial charge in [-0.1, -0.05) is 30.3 Å². The lowest BCUT2D eigenvalue weighted by atomic mass is 10.2. The molecule has 0 spiro atoms. The van der Waals surface area contributed by atoms with Gasteiger partial charge in [-0.25, -0.2) is 9.36 Å². The quantitative estimate of drug-likeness (QED) is 0.529. The molecule has 1 N–H and O–H groups in total. The van der Waals surface area contributed by atoms with E-state index in [1.807, 2.05) is 71.7 Å². The zero-order valence-electron chi connectivity index (χ0n) is 16.0. The molecule has 0 bridgehead atoms. The van der Waals surface area contributed by atoms with Crippen LogP contribution in [0.1, 0.15) is 15.9 Å². The van der Waals surface area contributed by atoms with Crippen LogP contribution in [0.25, 0.3) is 11.4 Å². The lowest BCUT2D eigenvalue weighted by molar-refractivity contribution is 0.0954. The monoisotopic (exact) mass is 387 g/mol.